The fraction of sp³-hybridized carbons (Fsp3) is 0.400. The zero-order valence-corrected chi connectivity index (χ0v) is 16.1. The number of anilines is 1. The van der Waals surface area contributed by atoms with Gasteiger partial charge in [0.15, 0.2) is 9.84 Å². The average molecular weight is 388 g/mol. The molecule has 7 heteroatoms. The molecule has 1 aromatic heterocycles. The maximum atomic E-state index is 12.2. The van der Waals surface area contributed by atoms with Crippen LogP contribution in [0.25, 0.3) is 0 Å². The number of aromatic nitrogens is 1. The van der Waals surface area contributed by atoms with Crippen LogP contribution in [0, 0.1) is 5.92 Å². The third-order valence-corrected chi connectivity index (χ3v) is 6.65. The topological polar surface area (TPSA) is 79.4 Å². The molecule has 1 aliphatic heterocycles. The monoisotopic (exact) mass is 387 g/mol. The van der Waals surface area contributed by atoms with Gasteiger partial charge in [-0.1, -0.05) is 18.2 Å². The van der Waals surface area contributed by atoms with Crippen LogP contribution in [0.3, 0.4) is 0 Å². The number of nitrogens with zero attached hydrogens (tertiary/aromatic N) is 2. The lowest BCUT2D eigenvalue weighted by Gasteiger charge is -2.33. The molecule has 3 rings (SSSR count). The summed E-state index contributed by atoms with van der Waals surface area (Å²) < 4.78 is 24.4. The molecule has 1 N–H and O–H groups in total. The van der Waals surface area contributed by atoms with Crippen molar-refractivity contribution in [3.8, 4) is 0 Å². The number of carbonyl (C=O) groups is 1. The second-order valence-corrected chi connectivity index (χ2v) is 8.94. The summed E-state index contributed by atoms with van der Waals surface area (Å²) in [6.45, 7) is 2.48. The molecule has 1 saturated heterocycles. The van der Waals surface area contributed by atoms with E-state index >= 15 is 0 Å². The number of piperidine rings is 1. The molecular weight excluding hydrogens is 362 g/mol. The first-order valence-corrected chi connectivity index (χ1v) is 10.9. The number of nitrogens with one attached hydrogen (secondary N) is 1. The van der Waals surface area contributed by atoms with Crippen LogP contribution in [0.4, 0.5) is 5.69 Å². The molecule has 0 spiro atoms. The second kappa shape index (κ2) is 8.99. The number of amides is 1. The Morgan fingerprint density at radius 3 is 2.52 bits per heavy atom. The maximum Gasteiger partial charge on any atom is 0.221 e. The minimum atomic E-state index is -3.41. The molecule has 144 valence electrons. The standard InChI is InChI=1S/C20H25N3O3S/c24-20(10-14-27(25,26)19-6-2-1-3-7-19)22-15-17-8-12-23(13-9-17)18-5-4-11-21-16-18/h1-7,11,16-17H,8-10,12-15H2,(H,22,24). The number of carbonyl (C=O) groups excluding carboxylic acids is 1. The van der Waals surface area contributed by atoms with Crippen LogP contribution in [-0.2, 0) is 14.6 Å². The second-order valence-electron chi connectivity index (χ2n) is 6.83. The summed E-state index contributed by atoms with van der Waals surface area (Å²) in [5, 5.41) is 2.90. The van der Waals surface area contributed by atoms with E-state index in [4.69, 9.17) is 0 Å². The van der Waals surface area contributed by atoms with E-state index in [0.717, 1.165) is 31.6 Å². The van der Waals surface area contributed by atoms with Crippen LogP contribution >= 0.6 is 0 Å². The molecule has 1 fully saturated rings. The van der Waals surface area contributed by atoms with E-state index in [1.807, 2.05) is 12.3 Å². The van der Waals surface area contributed by atoms with E-state index < -0.39 is 9.84 Å². The molecule has 6 nitrogen and oxygen atoms in total. The number of hydrogen-bond acceptors (Lipinski definition) is 5. The quantitative estimate of drug-likeness (QED) is 0.788. The van der Waals surface area contributed by atoms with Gasteiger partial charge in [-0.15, -0.1) is 0 Å². The van der Waals surface area contributed by atoms with E-state index in [0.29, 0.717) is 12.5 Å². The lowest BCUT2D eigenvalue weighted by molar-refractivity contribution is -0.120. The Bertz CT molecular complexity index is 833. The van der Waals surface area contributed by atoms with Gasteiger partial charge in [0.25, 0.3) is 0 Å². The van der Waals surface area contributed by atoms with Crippen LogP contribution < -0.4 is 10.2 Å². The van der Waals surface area contributed by atoms with E-state index in [1.165, 1.54) is 0 Å². The molecule has 0 saturated carbocycles. The Morgan fingerprint density at radius 1 is 1.11 bits per heavy atom. The zero-order valence-electron chi connectivity index (χ0n) is 15.3. The first-order valence-electron chi connectivity index (χ1n) is 9.24. The van der Waals surface area contributed by atoms with Crippen molar-refractivity contribution in [2.75, 3.05) is 30.3 Å². The molecule has 0 radical (unpaired) electrons. The highest BCUT2D eigenvalue weighted by atomic mass is 32.2. The summed E-state index contributed by atoms with van der Waals surface area (Å²) in [5.74, 6) is 0.0549. The fourth-order valence-electron chi connectivity index (χ4n) is 3.26. The molecule has 2 heterocycles. The lowest BCUT2D eigenvalue weighted by atomic mass is 9.96. The van der Waals surface area contributed by atoms with Gasteiger partial charge in [-0.2, -0.15) is 0 Å². The first-order chi connectivity index (χ1) is 13.0. The number of sulfone groups is 1. The summed E-state index contributed by atoms with van der Waals surface area (Å²) in [5.41, 5.74) is 1.13. The van der Waals surface area contributed by atoms with Gasteiger partial charge in [0.1, 0.15) is 0 Å². The highest BCUT2D eigenvalue weighted by Crippen LogP contribution is 2.22. The lowest BCUT2D eigenvalue weighted by Crippen LogP contribution is -2.39. The molecule has 2 aromatic rings. The summed E-state index contributed by atoms with van der Waals surface area (Å²) >= 11 is 0. The van der Waals surface area contributed by atoms with Gasteiger partial charge in [0.2, 0.25) is 5.91 Å². The van der Waals surface area contributed by atoms with Crippen molar-refractivity contribution < 1.29 is 13.2 Å². The predicted molar refractivity (Wildman–Crippen MR) is 105 cm³/mol. The summed E-state index contributed by atoms with van der Waals surface area (Å²) in [6.07, 6.45) is 5.62. The van der Waals surface area contributed by atoms with Crippen molar-refractivity contribution in [2.24, 2.45) is 5.92 Å². The van der Waals surface area contributed by atoms with Gasteiger partial charge in [0, 0.05) is 32.3 Å². The molecular formula is C20H25N3O3S. The van der Waals surface area contributed by atoms with Crippen LogP contribution in [0.15, 0.2) is 59.8 Å². The number of hydrogen-bond donors (Lipinski definition) is 1. The predicted octanol–water partition coefficient (Wildman–Crippen LogP) is 2.28. The molecule has 27 heavy (non-hydrogen) atoms. The Balaban J connectivity index is 1.39. The summed E-state index contributed by atoms with van der Waals surface area (Å²) in [6, 6.07) is 12.3. The summed E-state index contributed by atoms with van der Waals surface area (Å²) in [4.78, 5) is 18.8. The molecule has 1 amide bonds. The molecule has 1 aromatic carbocycles. The van der Waals surface area contributed by atoms with Crippen molar-refractivity contribution in [3.63, 3.8) is 0 Å². The van der Waals surface area contributed by atoms with E-state index in [1.54, 1.807) is 36.5 Å². The highest BCUT2D eigenvalue weighted by molar-refractivity contribution is 7.91. The minimum absolute atomic E-state index is 0.00818. The van der Waals surface area contributed by atoms with Crippen molar-refractivity contribution in [3.05, 3.63) is 54.9 Å². The van der Waals surface area contributed by atoms with Crippen molar-refractivity contribution in [2.45, 2.75) is 24.2 Å². The van der Waals surface area contributed by atoms with Gasteiger partial charge < -0.3 is 10.2 Å². The Kier molecular flexibility index (Phi) is 6.45. The maximum absolute atomic E-state index is 12.2. The number of benzene rings is 1. The third-order valence-electron chi connectivity index (χ3n) is 4.91. The van der Waals surface area contributed by atoms with Gasteiger partial charge in [-0.3, -0.25) is 9.78 Å². The van der Waals surface area contributed by atoms with Crippen molar-refractivity contribution >= 4 is 21.4 Å². The fourth-order valence-corrected chi connectivity index (χ4v) is 4.52. The van der Waals surface area contributed by atoms with Crippen LogP contribution in [-0.4, -0.2) is 44.7 Å². The van der Waals surface area contributed by atoms with Crippen molar-refractivity contribution in [1.29, 1.82) is 0 Å². The Morgan fingerprint density at radius 2 is 1.85 bits per heavy atom. The third kappa shape index (κ3) is 5.53. The van der Waals surface area contributed by atoms with E-state index in [-0.39, 0.29) is 23.0 Å². The smallest absolute Gasteiger partial charge is 0.221 e. The number of rotatable bonds is 7. The highest BCUT2D eigenvalue weighted by Gasteiger charge is 2.21. The van der Waals surface area contributed by atoms with Gasteiger partial charge >= 0.3 is 0 Å². The Hall–Kier alpha value is -2.41. The SMILES string of the molecule is O=C(CCS(=O)(=O)c1ccccc1)NCC1CCN(c2cccnc2)CC1. The first kappa shape index (κ1) is 19.4. The van der Waals surface area contributed by atoms with E-state index in [9.17, 15) is 13.2 Å². The Labute approximate surface area is 160 Å². The average Bonchev–Trinajstić information content (AvgIpc) is 2.72. The molecule has 0 unspecified atom stereocenters. The number of pyridine rings is 1. The van der Waals surface area contributed by atoms with Gasteiger partial charge in [0.05, 0.1) is 22.5 Å². The largest absolute Gasteiger partial charge is 0.370 e. The normalized spacial score (nSPS) is 15.5. The summed E-state index contributed by atoms with van der Waals surface area (Å²) in [7, 11) is -3.41. The van der Waals surface area contributed by atoms with Gasteiger partial charge in [-0.05, 0) is 43.0 Å². The molecule has 1 aliphatic rings. The van der Waals surface area contributed by atoms with Crippen LogP contribution in [0.1, 0.15) is 19.3 Å². The van der Waals surface area contributed by atoms with Gasteiger partial charge in [-0.25, -0.2) is 8.42 Å². The van der Waals surface area contributed by atoms with Crippen LogP contribution in [0.5, 0.6) is 0 Å². The molecule has 0 bridgehead atoms. The van der Waals surface area contributed by atoms with Crippen molar-refractivity contribution in [1.82, 2.24) is 10.3 Å². The van der Waals surface area contributed by atoms with E-state index in [2.05, 4.69) is 21.3 Å². The zero-order chi connectivity index (χ0) is 19.1. The van der Waals surface area contributed by atoms with Crippen LogP contribution in [0.2, 0.25) is 0 Å². The molecule has 0 atom stereocenters. The molecule has 0 aliphatic carbocycles. The minimum Gasteiger partial charge on any atom is -0.370 e.